The highest BCUT2D eigenvalue weighted by atomic mass is 32.2. The molecule has 0 bridgehead atoms. The van der Waals surface area contributed by atoms with Gasteiger partial charge in [0.05, 0.1) is 6.04 Å². The molecule has 74 valence electrons. The van der Waals surface area contributed by atoms with Gasteiger partial charge in [0, 0.05) is 11.4 Å². The Balaban J connectivity index is 2.08. The minimum atomic E-state index is 0.451. The van der Waals surface area contributed by atoms with Gasteiger partial charge in [-0.1, -0.05) is 23.9 Å². The van der Waals surface area contributed by atoms with E-state index in [4.69, 9.17) is 0 Å². The van der Waals surface area contributed by atoms with Gasteiger partial charge in [0.1, 0.15) is 0 Å². The van der Waals surface area contributed by atoms with E-state index in [1.807, 2.05) is 0 Å². The van der Waals surface area contributed by atoms with E-state index in [2.05, 4.69) is 48.4 Å². The molecule has 0 radical (unpaired) electrons. The molecule has 1 heterocycles. The Morgan fingerprint density at radius 2 is 2.36 bits per heavy atom. The maximum absolute atomic E-state index is 4.48. The van der Waals surface area contributed by atoms with Crippen LogP contribution in [0.4, 0.5) is 5.69 Å². The monoisotopic (exact) mass is 206 g/mol. The average molecular weight is 206 g/mol. The zero-order valence-electron chi connectivity index (χ0n) is 8.45. The van der Waals surface area contributed by atoms with E-state index in [9.17, 15) is 0 Å². The number of aliphatic imine (C=N–C) groups is 1. The van der Waals surface area contributed by atoms with Crippen LogP contribution in [-0.2, 0) is 0 Å². The van der Waals surface area contributed by atoms with Gasteiger partial charge in [0.15, 0.2) is 5.17 Å². The van der Waals surface area contributed by atoms with Crippen LogP contribution < -0.4 is 5.32 Å². The Hall–Kier alpha value is -0.960. The van der Waals surface area contributed by atoms with Crippen molar-refractivity contribution >= 4 is 22.6 Å². The minimum absolute atomic E-state index is 0.451. The second kappa shape index (κ2) is 4.05. The Morgan fingerprint density at radius 3 is 3.00 bits per heavy atom. The van der Waals surface area contributed by atoms with E-state index in [0.717, 1.165) is 16.6 Å². The molecule has 2 rings (SSSR count). The number of thioether (sulfide) groups is 1. The van der Waals surface area contributed by atoms with Crippen molar-refractivity contribution in [3.63, 3.8) is 0 Å². The summed E-state index contributed by atoms with van der Waals surface area (Å²) in [5, 5.41) is 4.37. The number of aryl methyl sites for hydroxylation is 1. The predicted octanol–water partition coefficient (Wildman–Crippen LogP) is 2.90. The van der Waals surface area contributed by atoms with Crippen LogP contribution in [0.3, 0.4) is 0 Å². The number of anilines is 1. The lowest BCUT2D eigenvalue weighted by molar-refractivity contribution is 0.865. The highest BCUT2D eigenvalue weighted by Gasteiger charge is 2.13. The molecule has 1 atom stereocenters. The third kappa shape index (κ3) is 2.29. The minimum Gasteiger partial charge on any atom is -0.335 e. The molecule has 14 heavy (non-hydrogen) atoms. The smallest absolute Gasteiger partial charge is 0.161 e. The molecular formula is C11H14N2S. The molecule has 0 spiro atoms. The molecule has 1 unspecified atom stereocenters. The lowest BCUT2D eigenvalue weighted by Crippen LogP contribution is -2.04. The molecule has 0 saturated carbocycles. The summed E-state index contributed by atoms with van der Waals surface area (Å²) in [5.74, 6) is 1.09. The summed E-state index contributed by atoms with van der Waals surface area (Å²) < 4.78 is 0. The van der Waals surface area contributed by atoms with Gasteiger partial charge >= 0.3 is 0 Å². The van der Waals surface area contributed by atoms with Crippen LogP contribution in [0, 0.1) is 6.92 Å². The van der Waals surface area contributed by atoms with Crippen molar-refractivity contribution < 1.29 is 0 Å². The lowest BCUT2D eigenvalue weighted by atomic mass is 10.2. The van der Waals surface area contributed by atoms with Crippen molar-refractivity contribution in [1.82, 2.24) is 0 Å². The Labute approximate surface area is 88.8 Å². The first-order valence-corrected chi connectivity index (χ1v) is 5.77. The average Bonchev–Trinajstić information content (AvgIpc) is 2.51. The number of rotatable bonds is 1. The van der Waals surface area contributed by atoms with Gasteiger partial charge in [-0.25, -0.2) is 0 Å². The Morgan fingerprint density at radius 1 is 1.50 bits per heavy atom. The van der Waals surface area contributed by atoms with Gasteiger partial charge in [-0.2, -0.15) is 0 Å². The predicted molar refractivity (Wildman–Crippen MR) is 64.2 cm³/mol. The third-order valence-electron chi connectivity index (χ3n) is 2.07. The van der Waals surface area contributed by atoms with Gasteiger partial charge in [-0.15, -0.1) is 0 Å². The SMILES string of the molecule is Cc1cccc(NC2=NC(C)CS2)c1. The number of benzene rings is 1. The van der Waals surface area contributed by atoms with E-state index in [0.29, 0.717) is 6.04 Å². The number of amidine groups is 1. The van der Waals surface area contributed by atoms with Crippen LogP contribution in [0.5, 0.6) is 0 Å². The lowest BCUT2D eigenvalue weighted by Gasteiger charge is -2.04. The van der Waals surface area contributed by atoms with Gasteiger partial charge in [0.25, 0.3) is 0 Å². The summed E-state index contributed by atoms with van der Waals surface area (Å²) >= 11 is 1.79. The summed E-state index contributed by atoms with van der Waals surface area (Å²) in [6, 6.07) is 8.80. The second-order valence-electron chi connectivity index (χ2n) is 3.59. The topological polar surface area (TPSA) is 24.4 Å². The van der Waals surface area contributed by atoms with Crippen LogP contribution in [0.15, 0.2) is 29.3 Å². The van der Waals surface area contributed by atoms with Crippen LogP contribution in [0.2, 0.25) is 0 Å². The van der Waals surface area contributed by atoms with Crippen molar-refractivity contribution in [2.75, 3.05) is 11.1 Å². The molecule has 1 aromatic carbocycles. The molecule has 3 heteroatoms. The van der Waals surface area contributed by atoms with Crippen molar-refractivity contribution in [3.05, 3.63) is 29.8 Å². The van der Waals surface area contributed by atoms with E-state index in [-0.39, 0.29) is 0 Å². The van der Waals surface area contributed by atoms with Crippen LogP contribution >= 0.6 is 11.8 Å². The summed E-state index contributed by atoms with van der Waals surface area (Å²) in [6.45, 7) is 4.23. The number of nitrogens with zero attached hydrogens (tertiary/aromatic N) is 1. The molecule has 1 aliphatic heterocycles. The Bertz CT molecular complexity index is 360. The molecule has 0 saturated heterocycles. The Kier molecular flexibility index (Phi) is 2.77. The standard InChI is InChI=1S/C11H14N2S/c1-8-4-3-5-10(6-8)13-11-12-9(2)7-14-11/h3-6,9H,7H2,1-2H3,(H,12,13). The number of hydrogen-bond acceptors (Lipinski definition) is 3. The van der Waals surface area contributed by atoms with E-state index in [1.54, 1.807) is 11.8 Å². The van der Waals surface area contributed by atoms with Gasteiger partial charge in [-0.05, 0) is 31.5 Å². The second-order valence-corrected chi connectivity index (χ2v) is 4.60. The molecule has 0 aromatic heterocycles. The third-order valence-corrected chi connectivity index (χ3v) is 3.20. The van der Waals surface area contributed by atoms with E-state index in [1.165, 1.54) is 5.56 Å². The van der Waals surface area contributed by atoms with E-state index < -0.39 is 0 Å². The van der Waals surface area contributed by atoms with Crippen LogP contribution in [0.25, 0.3) is 0 Å². The van der Waals surface area contributed by atoms with Gasteiger partial charge in [-0.3, -0.25) is 4.99 Å². The zero-order valence-corrected chi connectivity index (χ0v) is 9.27. The maximum Gasteiger partial charge on any atom is 0.161 e. The number of nitrogens with one attached hydrogen (secondary N) is 1. The van der Waals surface area contributed by atoms with Crippen LogP contribution in [-0.4, -0.2) is 17.0 Å². The van der Waals surface area contributed by atoms with Gasteiger partial charge < -0.3 is 5.32 Å². The molecule has 0 aliphatic carbocycles. The molecule has 0 fully saturated rings. The summed E-state index contributed by atoms with van der Waals surface area (Å²) in [4.78, 5) is 4.48. The molecule has 1 N–H and O–H groups in total. The highest BCUT2D eigenvalue weighted by molar-refractivity contribution is 8.14. The molecule has 0 amide bonds. The normalized spacial score (nSPS) is 20.7. The molecule has 2 nitrogen and oxygen atoms in total. The molecule has 1 aliphatic rings. The first-order valence-electron chi connectivity index (χ1n) is 4.78. The first-order chi connectivity index (χ1) is 6.74. The number of hydrogen-bond donors (Lipinski definition) is 1. The first kappa shape index (κ1) is 9.59. The quantitative estimate of drug-likeness (QED) is 0.764. The van der Waals surface area contributed by atoms with Crippen LogP contribution in [0.1, 0.15) is 12.5 Å². The fourth-order valence-electron chi connectivity index (χ4n) is 1.39. The zero-order chi connectivity index (χ0) is 9.97. The summed E-state index contributed by atoms with van der Waals surface area (Å²) in [6.07, 6.45) is 0. The maximum atomic E-state index is 4.48. The van der Waals surface area contributed by atoms with Crippen molar-refractivity contribution in [3.8, 4) is 0 Å². The van der Waals surface area contributed by atoms with Crippen molar-refractivity contribution in [2.24, 2.45) is 4.99 Å². The van der Waals surface area contributed by atoms with Gasteiger partial charge in [0.2, 0.25) is 0 Å². The highest BCUT2D eigenvalue weighted by Crippen LogP contribution is 2.20. The molecular weight excluding hydrogens is 192 g/mol. The van der Waals surface area contributed by atoms with Crippen molar-refractivity contribution in [2.45, 2.75) is 19.9 Å². The van der Waals surface area contributed by atoms with Crippen molar-refractivity contribution in [1.29, 1.82) is 0 Å². The molecule has 1 aromatic rings. The van der Waals surface area contributed by atoms with E-state index >= 15 is 0 Å². The summed E-state index contributed by atoms with van der Waals surface area (Å²) in [5.41, 5.74) is 2.40. The summed E-state index contributed by atoms with van der Waals surface area (Å²) in [7, 11) is 0. The fourth-order valence-corrected chi connectivity index (χ4v) is 2.31. The fraction of sp³-hybridized carbons (Fsp3) is 0.364. The largest absolute Gasteiger partial charge is 0.335 e.